The van der Waals surface area contributed by atoms with Crippen LogP contribution in [0.25, 0.3) is 0 Å². The number of nitrogens with one attached hydrogen (secondary N) is 2. The largest absolute Gasteiger partial charge is 0.497 e. The Morgan fingerprint density at radius 2 is 2.04 bits per heavy atom. The van der Waals surface area contributed by atoms with Crippen LogP contribution < -0.4 is 20.3 Å². The van der Waals surface area contributed by atoms with Crippen LogP contribution in [-0.2, 0) is 11.2 Å². The van der Waals surface area contributed by atoms with Crippen LogP contribution in [0.1, 0.15) is 12.0 Å². The van der Waals surface area contributed by atoms with Crippen molar-refractivity contribution in [2.24, 2.45) is 0 Å². The van der Waals surface area contributed by atoms with Gasteiger partial charge in [0.2, 0.25) is 0 Å². The van der Waals surface area contributed by atoms with Crippen LogP contribution >= 0.6 is 0 Å². The second-order valence-electron chi connectivity index (χ2n) is 6.47. The normalized spacial score (nSPS) is 16.0. The molecule has 1 heterocycles. The molecule has 0 radical (unpaired) electrons. The summed E-state index contributed by atoms with van der Waals surface area (Å²) in [7, 11) is 1.57. The van der Waals surface area contributed by atoms with Gasteiger partial charge in [0.25, 0.3) is 0 Å². The summed E-state index contributed by atoms with van der Waals surface area (Å²) >= 11 is 0. The van der Waals surface area contributed by atoms with Gasteiger partial charge in [-0.1, -0.05) is 24.3 Å². The third-order valence-electron chi connectivity index (χ3n) is 4.52. The molecule has 1 aliphatic heterocycles. The number of fused-ring (bicyclic) bond motifs is 1. The number of hydrogen-bond acceptors (Lipinski definition) is 4. The molecular weight excluding hydrogens is 346 g/mol. The van der Waals surface area contributed by atoms with E-state index in [0.29, 0.717) is 18.0 Å². The van der Waals surface area contributed by atoms with E-state index in [4.69, 9.17) is 4.74 Å². The predicted molar refractivity (Wildman–Crippen MR) is 104 cm³/mol. The summed E-state index contributed by atoms with van der Waals surface area (Å²) in [6.07, 6.45) is 1.51. The van der Waals surface area contributed by atoms with Gasteiger partial charge < -0.3 is 25.4 Å². The molecule has 0 aliphatic carbocycles. The van der Waals surface area contributed by atoms with Crippen molar-refractivity contribution in [1.29, 1.82) is 0 Å². The first-order valence-corrected chi connectivity index (χ1v) is 8.81. The molecule has 7 nitrogen and oxygen atoms in total. The zero-order valence-corrected chi connectivity index (χ0v) is 15.1. The number of methoxy groups -OCH3 is 1. The van der Waals surface area contributed by atoms with Gasteiger partial charge in [-0.05, 0) is 36.6 Å². The van der Waals surface area contributed by atoms with Gasteiger partial charge in [0.1, 0.15) is 12.3 Å². The zero-order valence-electron chi connectivity index (χ0n) is 15.1. The second kappa shape index (κ2) is 8.44. The van der Waals surface area contributed by atoms with E-state index in [1.54, 1.807) is 36.3 Å². The van der Waals surface area contributed by atoms with Gasteiger partial charge in [-0.25, -0.2) is 4.79 Å². The Kier molecular flexibility index (Phi) is 5.80. The minimum atomic E-state index is -0.897. The van der Waals surface area contributed by atoms with E-state index >= 15 is 0 Å². The van der Waals surface area contributed by atoms with Gasteiger partial charge in [0.15, 0.2) is 0 Å². The molecule has 0 fully saturated rings. The fourth-order valence-corrected chi connectivity index (χ4v) is 3.30. The molecule has 0 aromatic heterocycles. The van der Waals surface area contributed by atoms with Gasteiger partial charge in [0, 0.05) is 30.0 Å². The number of nitrogens with zero attached hydrogens (tertiary/aromatic N) is 1. The number of hydrogen-bond donors (Lipinski definition) is 3. The van der Waals surface area contributed by atoms with E-state index in [2.05, 4.69) is 10.6 Å². The van der Waals surface area contributed by atoms with Gasteiger partial charge in [0.05, 0.1) is 7.11 Å². The highest BCUT2D eigenvalue weighted by Gasteiger charge is 2.24. The van der Waals surface area contributed by atoms with E-state index in [1.165, 1.54) is 0 Å². The van der Waals surface area contributed by atoms with Crippen molar-refractivity contribution in [1.82, 2.24) is 5.32 Å². The topological polar surface area (TPSA) is 90.9 Å². The molecule has 1 atom stereocenters. The highest BCUT2D eigenvalue weighted by atomic mass is 16.5. The van der Waals surface area contributed by atoms with E-state index in [0.717, 1.165) is 24.1 Å². The van der Waals surface area contributed by atoms with Crippen molar-refractivity contribution in [2.45, 2.75) is 18.9 Å². The quantitative estimate of drug-likeness (QED) is 0.754. The number of aryl methyl sites for hydroxylation is 1. The number of ether oxygens (including phenoxy) is 1. The van der Waals surface area contributed by atoms with Gasteiger partial charge in [-0.3, -0.25) is 4.79 Å². The monoisotopic (exact) mass is 369 g/mol. The van der Waals surface area contributed by atoms with Crippen LogP contribution in [0, 0.1) is 0 Å². The van der Waals surface area contributed by atoms with Crippen LogP contribution in [-0.4, -0.2) is 43.3 Å². The third-order valence-corrected chi connectivity index (χ3v) is 4.52. The smallest absolute Gasteiger partial charge is 0.323 e. The average Bonchev–Trinajstić information content (AvgIpc) is 2.81. The maximum Gasteiger partial charge on any atom is 0.323 e. The summed E-state index contributed by atoms with van der Waals surface area (Å²) in [4.78, 5) is 25.5. The molecule has 1 aliphatic rings. The van der Waals surface area contributed by atoms with Crippen LogP contribution in [0.3, 0.4) is 0 Å². The van der Waals surface area contributed by atoms with Crippen LogP contribution in [0.2, 0.25) is 0 Å². The molecule has 2 amide bonds. The van der Waals surface area contributed by atoms with E-state index in [1.807, 2.05) is 24.3 Å². The number of benzene rings is 2. The molecule has 0 bridgehead atoms. The molecule has 142 valence electrons. The summed E-state index contributed by atoms with van der Waals surface area (Å²) in [5.41, 5.74) is 2.64. The average molecular weight is 369 g/mol. The number of amides is 2. The molecule has 2 aromatic carbocycles. The number of carbonyl (C=O) groups is 2. The number of carboxylic acids is 1. The summed E-state index contributed by atoms with van der Waals surface area (Å²) in [6.45, 7) is 0.335. The van der Waals surface area contributed by atoms with Crippen molar-refractivity contribution < 1.29 is 19.4 Å². The summed E-state index contributed by atoms with van der Waals surface area (Å²) in [6, 6.07) is 14.4. The highest BCUT2D eigenvalue weighted by molar-refractivity contribution is 5.89. The summed E-state index contributed by atoms with van der Waals surface area (Å²) in [5.74, 6) is -0.239. The minimum Gasteiger partial charge on any atom is -0.497 e. The highest BCUT2D eigenvalue weighted by Crippen LogP contribution is 2.26. The van der Waals surface area contributed by atoms with Crippen LogP contribution in [0.5, 0.6) is 5.75 Å². The van der Waals surface area contributed by atoms with Gasteiger partial charge >= 0.3 is 12.0 Å². The van der Waals surface area contributed by atoms with Crippen LogP contribution in [0.4, 0.5) is 16.2 Å². The second-order valence-corrected chi connectivity index (χ2v) is 6.47. The van der Waals surface area contributed by atoms with Crippen LogP contribution in [0.15, 0.2) is 48.5 Å². The predicted octanol–water partition coefficient (Wildman–Crippen LogP) is 2.72. The number of aliphatic carboxylic acids is 1. The zero-order chi connectivity index (χ0) is 19.2. The SMILES string of the molecule is COc1cccc(NC(=O)NC2CCc3ccccc3N(CC(=O)O)C2)c1. The number of carboxylic acid groups (broad SMARTS) is 1. The van der Waals surface area contributed by atoms with Crippen molar-refractivity contribution in [3.8, 4) is 5.75 Å². The number of rotatable bonds is 5. The van der Waals surface area contributed by atoms with Crippen molar-refractivity contribution in [3.63, 3.8) is 0 Å². The summed E-state index contributed by atoms with van der Waals surface area (Å²) in [5, 5.41) is 15.0. The Morgan fingerprint density at radius 1 is 1.22 bits per heavy atom. The van der Waals surface area contributed by atoms with E-state index < -0.39 is 5.97 Å². The minimum absolute atomic E-state index is 0.104. The first-order chi connectivity index (χ1) is 13.0. The first-order valence-electron chi connectivity index (χ1n) is 8.81. The van der Waals surface area contributed by atoms with E-state index in [9.17, 15) is 14.7 Å². The number of carbonyl (C=O) groups excluding carboxylic acids is 1. The van der Waals surface area contributed by atoms with Gasteiger partial charge in [-0.2, -0.15) is 0 Å². The molecule has 7 heteroatoms. The maximum absolute atomic E-state index is 12.4. The fraction of sp³-hybridized carbons (Fsp3) is 0.300. The Morgan fingerprint density at radius 3 is 2.81 bits per heavy atom. The Bertz CT molecular complexity index is 824. The molecule has 2 aromatic rings. The molecule has 27 heavy (non-hydrogen) atoms. The summed E-state index contributed by atoms with van der Waals surface area (Å²) < 4.78 is 5.16. The molecule has 1 unspecified atom stereocenters. The number of anilines is 2. The third kappa shape index (κ3) is 4.91. The first kappa shape index (κ1) is 18.6. The van der Waals surface area contributed by atoms with Crippen molar-refractivity contribution in [2.75, 3.05) is 30.4 Å². The number of urea groups is 1. The fourth-order valence-electron chi connectivity index (χ4n) is 3.30. The molecule has 0 saturated heterocycles. The molecule has 3 N–H and O–H groups in total. The molecule has 0 saturated carbocycles. The Balaban J connectivity index is 1.68. The lowest BCUT2D eigenvalue weighted by Gasteiger charge is -2.26. The van der Waals surface area contributed by atoms with E-state index in [-0.39, 0.29) is 18.6 Å². The molecular formula is C20H23N3O4. The molecule has 3 rings (SSSR count). The lowest BCUT2D eigenvalue weighted by Crippen LogP contribution is -2.46. The number of para-hydroxylation sites is 1. The van der Waals surface area contributed by atoms with Crippen molar-refractivity contribution in [3.05, 3.63) is 54.1 Å². The Labute approximate surface area is 157 Å². The maximum atomic E-state index is 12.4. The Hall–Kier alpha value is -3.22. The van der Waals surface area contributed by atoms with Gasteiger partial charge in [-0.15, -0.1) is 0 Å². The molecule has 0 spiro atoms. The van der Waals surface area contributed by atoms with Crippen molar-refractivity contribution >= 4 is 23.4 Å². The lowest BCUT2D eigenvalue weighted by molar-refractivity contribution is -0.135. The standard InChI is InChI=1S/C20H23N3O4/c1-27-17-7-4-6-15(11-17)21-20(26)22-16-10-9-14-5-2-3-8-18(14)23(12-16)13-19(24)25/h2-8,11,16H,9-10,12-13H2,1H3,(H,24,25)(H2,21,22,26). The lowest BCUT2D eigenvalue weighted by atomic mass is 10.1.